The Bertz CT molecular complexity index is 641. The average Bonchev–Trinajstić information content (AvgIpc) is 2.35. The second-order valence-electron chi connectivity index (χ2n) is 3.65. The summed E-state index contributed by atoms with van der Waals surface area (Å²) in [5, 5.41) is 2.19. The molecule has 0 aliphatic heterocycles. The molecule has 0 aromatic carbocycles. The van der Waals surface area contributed by atoms with Crippen molar-refractivity contribution in [1.82, 2.24) is 19.7 Å². The third-order valence-corrected chi connectivity index (χ3v) is 3.73. The van der Waals surface area contributed by atoms with Crippen molar-refractivity contribution in [3.05, 3.63) is 16.8 Å². The van der Waals surface area contributed by atoms with Gasteiger partial charge in [0.25, 0.3) is 10.0 Å². The number of rotatable bonds is 4. The molecule has 0 unspecified atom stereocenters. The minimum absolute atomic E-state index is 0.0142. The Morgan fingerprint density at radius 2 is 1.95 bits per heavy atom. The number of amides is 2. The van der Waals surface area contributed by atoms with E-state index in [9.17, 15) is 13.2 Å². The van der Waals surface area contributed by atoms with Gasteiger partial charge in [0.05, 0.1) is 12.0 Å². The highest BCUT2D eigenvalue weighted by Crippen LogP contribution is 2.07. The van der Waals surface area contributed by atoms with E-state index >= 15 is 0 Å². The molecule has 0 fully saturated rings. The maximum atomic E-state index is 11.6. The van der Waals surface area contributed by atoms with Gasteiger partial charge in [-0.2, -0.15) is 15.0 Å². The van der Waals surface area contributed by atoms with Crippen LogP contribution >= 0.6 is 0 Å². The standard InChI is InChI=1S/C10H15N5O4S/c1-5-6(2)20(17,18)15-9(16)13-8-11-7(3)12-10(14-8)19-4/h5H,1-4H3,(H2,11,12,13,14,15,16)/b6-5-. The normalized spacial score (nSPS) is 11.9. The molecule has 20 heavy (non-hydrogen) atoms. The van der Waals surface area contributed by atoms with Crippen molar-refractivity contribution in [2.45, 2.75) is 20.8 Å². The topological polar surface area (TPSA) is 123 Å². The fourth-order valence-corrected chi connectivity index (χ4v) is 1.86. The SMILES string of the molecule is C/C=C(/C)S(=O)(=O)NC(=O)Nc1nc(C)nc(OC)n1. The number of ether oxygens (including phenoxy) is 1. The molecule has 1 aromatic rings. The molecule has 2 amide bonds. The van der Waals surface area contributed by atoms with E-state index in [-0.39, 0.29) is 16.9 Å². The summed E-state index contributed by atoms with van der Waals surface area (Å²) in [7, 11) is -2.50. The maximum absolute atomic E-state index is 11.6. The van der Waals surface area contributed by atoms with Gasteiger partial charge in [-0.15, -0.1) is 0 Å². The fraction of sp³-hybridized carbons (Fsp3) is 0.400. The first-order valence-electron chi connectivity index (χ1n) is 5.52. The summed E-state index contributed by atoms with van der Waals surface area (Å²) >= 11 is 0. The summed E-state index contributed by atoms with van der Waals surface area (Å²) in [6, 6.07) is -0.959. The van der Waals surface area contributed by atoms with Gasteiger partial charge in [0.2, 0.25) is 5.95 Å². The number of urea groups is 1. The van der Waals surface area contributed by atoms with Crippen molar-refractivity contribution in [2.24, 2.45) is 0 Å². The predicted octanol–water partition coefficient (Wildman–Crippen LogP) is 0.564. The Hall–Kier alpha value is -2.23. The minimum atomic E-state index is -3.86. The van der Waals surface area contributed by atoms with Gasteiger partial charge in [0, 0.05) is 0 Å². The van der Waals surface area contributed by atoms with Gasteiger partial charge in [-0.3, -0.25) is 5.32 Å². The number of carbonyl (C=O) groups excluding carboxylic acids is 1. The smallest absolute Gasteiger partial charge is 0.335 e. The summed E-state index contributed by atoms with van der Waals surface area (Å²) in [6.07, 6.45) is 1.37. The highest BCUT2D eigenvalue weighted by Gasteiger charge is 2.17. The molecule has 0 radical (unpaired) electrons. The van der Waals surface area contributed by atoms with Crippen LogP contribution in [-0.2, 0) is 10.0 Å². The van der Waals surface area contributed by atoms with Gasteiger partial charge in [0.1, 0.15) is 5.82 Å². The predicted molar refractivity (Wildman–Crippen MR) is 71.6 cm³/mol. The molecule has 0 spiro atoms. The molecule has 0 atom stereocenters. The molecule has 10 heteroatoms. The summed E-state index contributed by atoms with van der Waals surface area (Å²) in [6.45, 7) is 4.49. The number of nitrogens with one attached hydrogen (secondary N) is 2. The first-order chi connectivity index (χ1) is 9.28. The number of nitrogens with zero attached hydrogens (tertiary/aromatic N) is 3. The Labute approximate surface area is 116 Å². The highest BCUT2D eigenvalue weighted by atomic mass is 32.2. The van der Waals surface area contributed by atoms with Crippen LogP contribution in [-0.4, -0.2) is 36.5 Å². The second-order valence-corrected chi connectivity index (χ2v) is 5.51. The molecule has 1 heterocycles. The van der Waals surface area contributed by atoms with Crippen molar-refractivity contribution in [3.8, 4) is 6.01 Å². The molecule has 0 aliphatic carbocycles. The van der Waals surface area contributed by atoms with Crippen LogP contribution in [0.5, 0.6) is 6.01 Å². The number of hydrogen-bond donors (Lipinski definition) is 2. The number of methoxy groups -OCH3 is 1. The van der Waals surface area contributed by atoms with Crippen LogP contribution in [0.25, 0.3) is 0 Å². The number of carbonyl (C=O) groups is 1. The van der Waals surface area contributed by atoms with E-state index in [0.29, 0.717) is 5.82 Å². The van der Waals surface area contributed by atoms with Crippen LogP contribution in [0.4, 0.5) is 10.7 Å². The maximum Gasteiger partial charge on any atom is 0.335 e. The number of allylic oxidation sites excluding steroid dienone is 2. The van der Waals surface area contributed by atoms with E-state index in [1.165, 1.54) is 20.1 Å². The number of aromatic nitrogens is 3. The second kappa shape index (κ2) is 6.28. The highest BCUT2D eigenvalue weighted by molar-refractivity contribution is 7.93. The number of aryl methyl sites for hydroxylation is 1. The number of hydrogen-bond acceptors (Lipinski definition) is 7. The first kappa shape index (κ1) is 15.8. The molecule has 1 rings (SSSR count). The molecular weight excluding hydrogens is 286 g/mol. The third-order valence-electron chi connectivity index (χ3n) is 2.19. The Morgan fingerprint density at radius 3 is 2.50 bits per heavy atom. The van der Waals surface area contributed by atoms with Crippen LogP contribution in [0.15, 0.2) is 11.0 Å². The quantitative estimate of drug-likeness (QED) is 0.832. The van der Waals surface area contributed by atoms with Gasteiger partial charge in [0.15, 0.2) is 0 Å². The van der Waals surface area contributed by atoms with E-state index in [4.69, 9.17) is 4.74 Å². The average molecular weight is 301 g/mol. The lowest BCUT2D eigenvalue weighted by Gasteiger charge is -2.08. The van der Waals surface area contributed by atoms with Gasteiger partial charge in [-0.05, 0) is 20.8 Å². The Kier molecular flexibility index (Phi) is 4.97. The van der Waals surface area contributed by atoms with Gasteiger partial charge >= 0.3 is 12.0 Å². The zero-order chi connectivity index (χ0) is 15.3. The third kappa shape index (κ3) is 4.16. The van der Waals surface area contributed by atoms with Crippen LogP contribution < -0.4 is 14.8 Å². The van der Waals surface area contributed by atoms with E-state index in [1.54, 1.807) is 13.8 Å². The van der Waals surface area contributed by atoms with E-state index < -0.39 is 16.1 Å². The summed E-state index contributed by atoms with van der Waals surface area (Å²) in [5.74, 6) is 0.208. The van der Waals surface area contributed by atoms with Crippen molar-refractivity contribution < 1.29 is 17.9 Å². The lowest BCUT2D eigenvalue weighted by Crippen LogP contribution is -2.35. The summed E-state index contributed by atoms with van der Waals surface area (Å²) in [5.41, 5.74) is 0. The first-order valence-corrected chi connectivity index (χ1v) is 7.00. The molecule has 0 saturated heterocycles. The van der Waals surface area contributed by atoms with Crippen LogP contribution in [0.3, 0.4) is 0 Å². The van der Waals surface area contributed by atoms with E-state index in [1.807, 2.05) is 4.72 Å². The molecular formula is C10H15N5O4S. The lowest BCUT2D eigenvalue weighted by atomic mass is 10.6. The molecule has 0 bridgehead atoms. The van der Waals surface area contributed by atoms with Crippen molar-refractivity contribution in [2.75, 3.05) is 12.4 Å². The van der Waals surface area contributed by atoms with E-state index in [2.05, 4.69) is 20.3 Å². The van der Waals surface area contributed by atoms with Crippen LogP contribution in [0.1, 0.15) is 19.7 Å². The molecule has 2 N–H and O–H groups in total. The number of sulfonamides is 1. The summed E-state index contributed by atoms with van der Waals surface area (Å²) < 4.78 is 29.9. The lowest BCUT2D eigenvalue weighted by molar-refractivity contribution is 0.256. The van der Waals surface area contributed by atoms with Gasteiger partial charge < -0.3 is 4.74 Å². The molecule has 0 aliphatic rings. The summed E-state index contributed by atoms with van der Waals surface area (Å²) in [4.78, 5) is 23.0. The largest absolute Gasteiger partial charge is 0.467 e. The molecule has 0 saturated carbocycles. The molecule has 110 valence electrons. The zero-order valence-electron chi connectivity index (χ0n) is 11.5. The fourth-order valence-electron chi connectivity index (χ4n) is 1.09. The number of anilines is 1. The van der Waals surface area contributed by atoms with Crippen LogP contribution in [0.2, 0.25) is 0 Å². The van der Waals surface area contributed by atoms with Gasteiger partial charge in [-0.1, -0.05) is 6.08 Å². The monoisotopic (exact) mass is 301 g/mol. The molecule has 1 aromatic heterocycles. The van der Waals surface area contributed by atoms with Crippen molar-refractivity contribution in [3.63, 3.8) is 0 Å². The minimum Gasteiger partial charge on any atom is -0.467 e. The van der Waals surface area contributed by atoms with E-state index in [0.717, 1.165) is 0 Å². The Morgan fingerprint density at radius 1 is 1.30 bits per heavy atom. The Balaban J connectivity index is 2.85. The van der Waals surface area contributed by atoms with Crippen LogP contribution in [0, 0.1) is 6.92 Å². The molecule has 9 nitrogen and oxygen atoms in total. The van der Waals surface area contributed by atoms with Crippen molar-refractivity contribution in [1.29, 1.82) is 0 Å². The van der Waals surface area contributed by atoms with Crippen molar-refractivity contribution >= 4 is 22.0 Å². The zero-order valence-corrected chi connectivity index (χ0v) is 12.3. The van der Waals surface area contributed by atoms with Gasteiger partial charge in [-0.25, -0.2) is 17.9 Å².